The molecule has 1 saturated heterocycles. The first-order valence-corrected chi connectivity index (χ1v) is 10.8. The lowest BCUT2D eigenvalue weighted by Gasteiger charge is -2.44. The lowest BCUT2D eigenvalue weighted by atomic mass is 9.84. The summed E-state index contributed by atoms with van der Waals surface area (Å²) < 4.78 is 6.51. The molecule has 0 saturated carbocycles. The Balaban J connectivity index is 1.45. The van der Waals surface area contributed by atoms with Gasteiger partial charge in [-0.05, 0) is 60.6 Å². The minimum Gasteiger partial charge on any atom is -0.396 e. The zero-order chi connectivity index (χ0) is 20.8. The normalized spacial score (nSPS) is 20.7. The van der Waals surface area contributed by atoms with Crippen molar-refractivity contribution in [3.05, 3.63) is 90.3 Å². The van der Waals surface area contributed by atoms with E-state index in [9.17, 15) is 5.11 Å². The van der Waals surface area contributed by atoms with Crippen molar-refractivity contribution in [2.24, 2.45) is 0 Å². The Morgan fingerprint density at radius 3 is 2.33 bits per heavy atom. The summed E-state index contributed by atoms with van der Waals surface area (Å²) in [6.45, 7) is 4.00. The van der Waals surface area contributed by atoms with Gasteiger partial charge in [0.15, 0.2) is 0 Å². The highest BCUT2D eigenvalue weighted by Crippen LogP contribution is 2.39. The zero-order valence-electron chi connectivity index (χ0n) is 17.6. The van der Waals surface area contributed by atoms with Gasteiger partial charge in [0.1, 0.15) is 6.73 Å². The number of hydrogen-bond donors (Lipinski definition) is 1. The van der Waals surface area contributed by atoms with Crippen molar-refractivity contribution in [1.29, 1.82) is 0 Å². The van der Waals surface area contributed by atoms with Crippen molar-refractivity contribution in [3.8, 4) is 11.1 Å². The molecule has 0 radical (unpaired) electrons. The largest absolute Gasteiger partial charge is 0.396 e. The summed E-state index contributed by atoms with van der Waals surface area (Å²) in [5, 5.41) is 9.38. The predicted molar refractivity (Wildman–Crippen MR) is 120 cm³/mol. The molecule has 1 aromatic heterocycles. The number of aromatic nitrogens is 1. The highest BCUT2D eigenvalue weighted by molar-refractivity contribution is 5.62. The highest BCUT2D eigenvalue weighted by atomic mass is 16.5. The Morgan fingerprint density at radius 1 is 1.00 bits per heavy atom. The lowest BCUT2D eigenvalue weighted by molar-refractivity contribution is -0.159. The van der Waals surface area contributed by atoms with Crippen molar-refractivity contribution in [2.75, 3.05) is 19.9 Å². The Bertz CT molecular complexity index is 905. The molecule has 30 heavy (non-hydrogen) atoms. The maximum atomic E-state index is 9.38. The fourth-order valence-electron chi connectivity index (χ4n) is 4.36. The standard InChI is InChI=1S/C26H30N2O2/c1-21(22-8-10-23(11-9-22)24-12-16-27-17-13-24)28-18-15-26(30-20-28,14-5-19-29)25-6-3-2-4-7-25/h2-4,6-13,16-17,21,29H,5,14-15,18-20H2,1H3/t21-,26+/m0/s1. The molecule has 2 heterocycles. The Hall–Kier alpha value is -2.53. The number of pyridine rings is 1. The third-order valence-corrected chi connectivity index (χ3v) is 6.30. The Morgan fingerprint density at radius 2 is 1.70 bits per heavy atom. The van der Waals surface area contributed by atoms with E-state index in [0.29, 0.717) is 6.73 Å². The fourth-order valence-corrected chi connectivity index (χ4v) is 4.36. The quantitative estimate of drug-likeness (QED) is 0.593. The van der Waals surface area contributed by atoms with E-state index >= 15 is 0 Å². The number of nitrogens with zero attached hydrogens (tertiary/aromatic N) is 2. The van der Waals surface area contributed by atoms with Crippen LogP contribution >= 0.6 is 0 Å². The van der Waals surface area contributed by atoms with E-state index in [1.807, 2.05) is 30.6 Å². The summed E-state index contributed by atoms with van der Waals surface area (Å²) in [4.78, 5) is 6.49. The average Bonchev–Trinajstić information content (AvgIpc) is 2.84. The summed E-state index contributed by atoms with van der Waals surface area (Å²) in [5.41, 5.74) is 4.59. The maximum Gasteiger partial charge on any atom is 0.101 e. The van der Waals surface area contributed by atoms with Gasteiger partial charge in [-0.15, -0.1) is 0 Å². The number of hydrogen-bond acceptors (Lipinski definition) is 4. The minimum atomic E-state index is -0.300. The molecule has 4 rings (SSSR count). The molecule has 0 amide bonds. The molecule has 1 fully saturated rings. The highest BCUT2D eigenvalue weighted by Gasteiger charge is 2.38. The minimum absolute atomic E-state index is 0.196. The maximum absolute atomic E-state index is 9.38. The lowest BCUT2D eigenvalue weighted by Crippen LogP contribution is -2.45. The first kappa shape index (κ1) is 20.7. The van der Waals surface area contributed by atoms with Crippen LogP contribution in [0.3, 0.4) is 0 Å². The predicted octanol–water partition coefficient (Wildman–Crippen LogP) is 5.16. The van der Waals surface area contributed by atoms with Gasteiger partial charge < -0.3 is 9.84 Å². The molecule has 0 aliphatic carbocycles. The number of ether oxygens (including phenoxy) is 1. The van der Waals surface area contributed by atoms with Gasteiger partial charge in [0.2, 0.25) is 0 Å². The van der Waals surface area contributed by atoms with Crippen molar-refractivity contribution in [3.63, 3.8) is 0 Å². The van der Waals surface area contributed by atoms with E-state index in [1.165, 1.54) is 22.3 Å². The molecule has 0 spiro atoms. The van der Waals surface area contributed by atoms with Gasteiger partial charge in [-0.25, -0.2) is 0 Å². The smallest absolute Gasteiger partial charge is 0.101 e. The molecule has 0 bridgehead atoms. The Labute approximate surface area is 179 Å². The summed E-state index contributed by atoms with van der Waals surface area (Å²) in [7, 11) is 0. The van der Waals surface area contributed by atoms with Crippen LogP contribution in [-0.2, 0) is 10.3 Å². The van der Waals surface area contributed by atoms with Gasteiger partial charge >= 0.3 is 0 Å². The summed E-state index contributed by atoms with van der Waals surface area (Å²) in [6, 6.07) is 23.6. The summed E-state index contributed by atoms with van der Waals surface area (Å²) in [6.07, 6.45) is 6.17. The topological polar surface area (TPSA) is 45.6 Å². The van der Waals surface area contributed by atoms with Crippen LogP contribution in [0.25, 0.3) is 11.1 Å². The van der Waals surface area contributed by atoms with Crippen LogP contribution in [-0.4, -0.2) is 34.9 Å². The SMILES string of the molecule is C[C@@H](c1ccc(-c2ccncc2)cc1)N1CC[C@](CCCO)(c2ccccc2)OC1. The van der Waals surface area contributed by atoms with Gasteiger partial charge in [0.05, 0.1) is 5.60 Å². The monoisotopic (exact) mass is 402 g/mol. The number of benzene rings is 2. The molecule has 4 heteroatoms. The second kappa shape index (κ2) is 9.52. The molecule has 2 aromatic carbocycles. The molecule has 3 aromatic rings. The molecular weight excluding hydrogens is 372 g/mol. The number of aliphatic hydroxyl groups is 1. The molecule has 2 atom stereocenters. The van der Waals surface area contributed by atoms with Crippen LogP contribution in [0.5, 0.6) is 0 Å². The van der Waals surface area contributed by atoms with Crippen LogP contribution in [0.1, 0.15) is 43.4 Å². The molecule has 1 aliphatic rings. The molecular formula is C26H30N2O2. The third-order valence-electron chi connectivity index (χ3n) is 6.30. The molecule has 1 aliphatic heterocycles. The molecule has 156 valence electrons. The van der Waals surface area contributed by atoms with Crippen LogP contribution in [0.15, 0.2) is 79.1 Å². The zero-order valence-corrected chi connectivity index (χ0v) is 17.6. The van der Waals surface area contributed by atoms with Gasteiger partial charge in [-0.3, -0.25) is 9.88 Å². The van der Waals surface area contributed by atoms with E-state index < -0.39 is 0 Å². The first-order chi connectivity index (χ1) is 14.7. The van der Waals surface area contributed by atoms with Crippen molar-refractivity contribution >= 4 is 0 Å². The summed E-state index contributed by atoms with van der Waals surface area (Å²) >= 11 is 0. The Kier molecular flexibility index (Phi) is 6.58. The first-order valence-electron chi connectivity index (χ1n) is 10.8. The van der Waals surface area contributed by atoms with E-state index in [4.69, 9.17) is 4.74 Å². The fraction of sp³-hybridized carbons (Fsp3) is 0.346. The van der Waals surface area contributed by atoms with Gasteiger partial charge in [-0.1, -0.05) is 54.6 Å². The second-order valence-corrected chi connectivity index (χ2v) is 8.06. The van der Waals surface area contributed by atoms with Crippen LogP contribution < -0.4 is 0 Å². The number of rotatable bonds is 7. The average molecular weight is 403 g/mol. The molecule has 0 unspecified atom stereocenters. The summed E-state index contributed by atoms with van der Waals surface area (Å²) in [5.74, 6) is 0. The van der Waals surface area contributed by atoms with Gasteiger partial charge in [0.25, 0.3) is 0 Å². The van der Waals surface area contributed by atoms with Crippen LogP contribution in [0.2, 0.25) is 0 Å². The molecule has 1 N–H and O–H groups in total. The van der Waals surface area contributed by atoms with Crippen molar-refractivity contribution in [1.82, 2.24) is 9.88 Å². The van der Waals surface area contributed by atoms with E-state index in [0.717, 1.165) is 25.8 Å². The van der Waals surface area contributed by atoms with E-state index in [1.54, 1.807) is 0 Å². The van der Waals surface area contributed by atoms with E-state index in [-0.39, 0.29) is 18.2 Å². The van der Waals surface area contributed by atoms with E-state index in [2.05, 4.69) is 65.3 Å². The third kappa shape index (κ3) is 4.46. The number of aliphatic hydroxyl groups excluding tert-OH is 1. The van der Waals surface area contributed by atoms with Crippen LogP contribution in [0, 0.1) is 0 Å². The van der Waals surface area contributed by atoms with Crippen molar-refractivity contribution in [2.45, 2.75) is 37.8 Å². The second-order valence-electron chi connectivity index (χ2n) is 8.06. The molecule has 4 nitrogen and oxygen atoms in total. The van der Waals surface area contributed by atoms with Crippen LogP contribution in [0.4, 0.5) is 0 Å². The van der Waals surface area contributed by atoms with Crippen molar-refractivity contribution < 1.29 is 9.84 Å². The van der Waals surface area contributed by atoms with Gasteiger partial charge in [0, 0.05) is 31.6 Å². The van der Waals surface area contributed by atoms with Gasteiger partial charge in [-0.2, -0.15) is 0 Å².